The van der Waals surface area contributed by atoms with Crippen molar-refractivity contribution in [1.82, 2.24) is 30.7 Å². The number of rotatable bonds is 7. The highest BCUT2D eigenvalue weighted by molar-refractivity contribution is 7.14. The third-order valence-corrected chi connectivity index (χ3v) is 7.98. The van der Waals surface area contributed by atoms with Crippen LogP contribution in [0.15, 0.2) is 42.7 Å². The van der Waals surface area contributed by atoms with Crippen LogP contribution < -0.4 is 10.6 Å². The van der Waals surface area contributed by atoms with Crippen molar-refractivity contribution in [2.24, 2.45) is 0 Å². The van der Waals surface area contributed by atoms with Crippen LogP contribution in [0.1, 0.15) is 54.9 Å². The summed E-state index contributed by atoms with van der Waals surface area (Å²) in [7, 11) is 0. The smallest absolute Gasteiger partial charge is 0.261 e. The summed E-state index contributed by atoms with van der Waals surface area (Å²) in [6, 6.07) is 7.73. The minimum absolute atomic E-state index is 0.146. The predicted molar refractivity (Wildman–Crippen MR) is 141 cm³/mol. The van der Waals surface area contributed by atoms with E-state index in [1.165, 1.54) is 23.6 Å². The van der Waals surface area contributed by atoms with Gasteiger partial charge in [0.25, 0.3) is 11.8 Å². The van der Waals surface area contributed by atoms with E-state index in [9.17, 15) is 18.8 Å². The minimum Gasteiger partial charge on any atom is -0.347 e. The fraction of sp³-hybridized carbons (Fsp3) is 0.296. The van der Waals surface area contributed by atoms with Gasteiger partial charge in [0.2, 0.25) is 11.9 Å². The number of hydrogen-bond donors (Lipinski definition) is 3. The van der Waals surface area contributed by atoms with Gasteiger partial charge in [-0.15, -0.1) is 11.3 Å². The number of amides is 3. The van der Waals surface area contributed by atoms with Gasteiger partial charge >= 0.3 is 0 Å². The van der Waals surface area contributed by atoms with Gasteiger partial charge in [0, 0.05) is 41.7 Å². The van der Waals surface area contributed by atoms with Crippen molar-refractivity contribution in [2.45, 2.75) is 45.8 Å². The molecule has 0 aliphatic carbocycles. The maximum atomic E-state index is 13.3. The molecule has 9 nitrogen and oxygen atoms in total. The van der Waals surface area contributed by atoms with Crippen molar-refractivity contribution in [3.63, 3.8) is 0 Å². The van der Waals surface area contributed by atoms with Crippen LogP contribution in [0.4, 0.5) is 4.39 Å². The van der Waals surface area contributed by atoms with Crippen LogP contribution in [0.2, 0.25) is 0 Å². The zero-order chi connectivity index (χ0) is 26.8. The lowest BCUT2D eigenvalue weighted by Gasteiger charge is -2.30. The number of aromatic amines is 1. The largest absolute Gasteiger partial charge is 0.347 e. The Morgan fingerprint density at radius 2 is 2.03 bits per heavy atom. The molecule has 0 unspecified atom stereocenters. The van der Waals surface area contributed by atoms with Crippen molar-refractivity contribution in [2.75, 3.05) is 6.54 Å². The normalized spacial score (nSPS) is 13.7. The van der Waals surface area contributed by atoms with Crippen molar-refractivity contribution in [3.8, 4) is 0 Å². The molecule has 4 aromatic rings. The standard InChI is InChI=1S/C27H27FN6O3S/c1-3-20(32-25(35)16-4-5-21-17(9-16)13-31-33-21)27(37)34-7-6-22-18(14-34)10-23(38-22)26(36)30-12-19-11-29-24(28)8-15(19)2/h4-5,8-11,13,20H,3,6-7,12,14H2,1-2H3,(H,30,36)(H,31,33)(H,32,35)/t20-/m1/s1. The molecule has 38 heavy (non-hydrogen) atoms. The first-order chi connectivity index (χ1) is 18.3. The molecule has 5 rings (SSSR count). The maximum Gasteiger partial charge on any atom is 0.261 e. The summed E-state index contributed by atoms with van der Waals surface area (Å²) in [5, 5.41) is 13.4. The van der Waals surface area contributed by atoms with Crippen molar-refractivity contribution in [1.29, 1.82) is 0 Å². The number of fused-ring (bicyclic) bond motifs is 2. The molecule has 0 saturated heterocycles. The number of benzene rings is 1. The first kappa shape index (κ1) is 25.5. The molecule has 1 atom stereocenters. The van der Waals surface area contributed by atoms with Gasteiger partial charge in [0.1, 0.15) is 6.04 Å². The molecule has 0 bridgehead atoms. The first-order valence-electron chi connectivity index (χ1n) is 12.4. The summed E-state index contributed by atoms with van der Waals surface area (Å²) in [4.78, 5) is 46.0. The average Bonchev–Trinajstić information content (AvgIpc) is 3.56. The number of nitrogens with one attached hydrogen (secondary N) is 3. The molecule has 1 aliphatic heterocycles. The van der Waals surface area contributed by atoms with Crippen LogP contribution in [-0.4, -0.2) is 50.4 Å². The first-order valence-corrected chi connectivity index (χ1v) is 13.2. The molecule has 4 heterocycles. The zero-order valence-electron chi connectivity index (χ0n) is 21.0. The van der Waals surface area contributed by atoms with Crippen LogP contribution in [0, 0.1) is 12.9 Å². The highest BCUT2D eigenvalue weighted by atomic mass is 32.1. The minimum atomic E-state index is -0.655. The molecule has 3 aromatic heterocycles. The fourth-order valence-electron chi connectivity index (χ4n) is 4.52. The lowest BCUT2D eigenvalue weighted by molar-refractivity contribution is -0.134. The average molecular weight is 535 g/mol. The van der Waals surface area contributed by atoms with Gasteiger partial charge in [-0.05, 0) is 66.8 Å². The summed E-state index contributed by atoms with van der Waals surface area (Å²) in [5.41, 5.74) is 3.70. The molecule has 1 aliphatic rings. The van der Waals surface area contributed by atoms with E-state index >= 15 is 0 Å². The monoisotopic (exact) mass is 534 g/mol. The van der Waals surface area contributed by atoms with E-state index in [2.05, 4.69) is 25.8 Å². The quantitative estimate of drug-likeness (QED) is 0.314. The number of hydrogen-bond acceptors (Lipinski definition) is 6. The van der Waals surface area contributed by atoms with Gasteiger partial charge in [-0.1, -0.05) is 6.92 Å². The molecule has 3 N–H and O–H groups in total. The Morgan fingerprint density at radius 3 is 2.82 bits per heavy atom. The molecule has 3 amide bonds. The van der Waals surface area contributed by atoms with Crippen LogP contribution in [-0.2, 0) is 24.3 Å². The summed E-state index contributed by atoms with van der Waals surface area (Å²) in [6.07, 6.45) is 4.17. The van der Waals surface area contributed by atoms with E-state index in [4.69, 9.17) is 0 Å². The number of halogens is 1. The SMILES string of the molecule is CC[C@@H](NC(=O)c1ccc2[nH]ncc2c1)C(=O)N1CCc2sc(C(=O)NCc3cnc(F)cc3C)cc2C1. The Kier molecular flexibility index (Phi) is 7.19. The van der Waals surface area contributed by atoms with E-state index in [-0.39, 0.29) is 24.3 Å². The molecule has 0 saturated carbocycles. The molecule has 196 valence electrons. The second kappa shape index (κ2) is 10.7. The molecule has 0 spiro atoms. The molecular formula is C27H27FN6O3S. The molecule has 0 radical (unpaired) electrons. The topological polar surface area (TPSA) is 120 Å². The van der Waals surface area contributed by atoms with E-state index < -0.39 is 12.0 Å². The molecule has 11 heteroatoms. The lowest BCUT2D eigenvalue weighted by atomic mass is 10.1. The van der Waals surface area contributed by atoms with Crippen LogP contribution in [0.5, 0.6) is 0 Å². The summed E-state index contributed by atoms with van der Waals surface area (Å²) in [5.74, 6) is -1.23. The van der Waals surface area contributed by atoms with Crippen molar-refractivity contribution >= 4 is 40.0 Å². The van der Waals surface area contributed by atoms with E-state index in [1.807, 2.05) is 13.0 Å². The van der Waals surface area contributed by atoms with Gasteiger partial charge in [-0.3, -0.25) is 19.5 Å². The second-order valence-electron chi connectivity index (χ2n) is 9.29. The number of carbonyl (C=O) groups excluding carboxylic acids is 3. The number of carbonyl (C=O) groups is 3. The zero-order valence-corrected chi connectivity index (χ0v) is 21.8. The number of aromatic nitrogens is 3. The Hall–Kier alpha value is -4.12. The third-order valence-electron chi connectivity index (χ3n) is 6.74. The Morgan fingerprint density at radius 1 is 1.18 bits per heavy atom. The Bertz CT molecular complexity index is 1530. The molecular weight excluding hydrogens is 507 g/mol. The Balaban J connectivity index is 1.21. The highest BCUT2D eigenvalue weighted by Crippen LogP contribution is 2.29. The lowest BCUT2D eigenvalue weighted by Crippen LogP contribution is -2.49. The summed E-state index contributed by atoms with van der Waals surface area (Å²) in [6.45, 7) is 4.78. The predicted octanol–water partition coefficient (Wildman–Crippen LogP) is 3.49. The summed E-state index contributed by atoms with van der Waals surface area (Å²) >= 11 is 1.42. The second-order valence-corrected chi connectivity index (χ2v) is 10.4. The van der Waals surface area contributed by atoms with E-state index in [0.29, 0.717) is 36.4 Å². The van der Waals surface area contributed by atoms with Gasteiger partial charge in [0.15, 0.2) is 0 Å². The van der Waals surface area contributed by atoms with Crippen molar-refractivity contribution in [3.05, 3.63) is 80.7 Å². The third kappa shape index (κ3) is 5.28. The summed E-state index contributed by atoms with van der Waals surface area (Å²) < 4.78 is 13.2. The van der Waals surface area contributed by atoms with E-state index in [0.717, 1.165) is 32.5 Å². The molecule has 0 fully saturated rings. The van der Waals surface area contributed by atoms with Gasteiger partial charge < -0.3 is 15.5 Å². The molecule has 1 aromatic carbocycles. The van der Waals surface area contributed by atoms with Crippen LogP contribution in [0.25, 0.3) is 10.9 Å². The number of aryl methyl sites for hydroxylation is 1. The fourth-order valence-corrected chi connectivity index (χ4v) is 5.59. The number of pyridine rings is 1. The number of nitrogens with zero attached hydrogens (tertiary/aromatic N) is 3. The van der Waals surface area contributed by atoms with Crippen molar-refractivity contribution < 1.29 is 18.8 Å². The maximum absolute atomic E-state index is 13.3. The van der Waals surface area contributed by atoms with Crippen LogP contribution in [0.3, 0.4) is 0 Å². The van der Waals surface area contributed by atoms with Gasteiger partial charge in [0.05, 0.1) is 16.6 Å². The van der Waals surface area contributed by atoms with E-state index in [1.54, 1.807) is 36.2 Å². The highest BCUT2D eigenvalue weighted by Gasteiger charge is 2.29. The van der Waals surface area contributed by atoms with Gasteiger partial charge in [-0.2, -0.15) is 9.49 Å². The number of thiophene rings is 1. The van der Waals surface area contributed by atoms with Gasteiger partial charge in [-0.25, -0.2) is 4.98 Å². The Labute approximate surface area is 222 Å². The number of H-pyrrole nitrogens is 1. The van der Waals surface area contributed by atoms with Crippen LogP contribution >= 0.6 is 11.3 Å².